The van der Waals surface area contributed by atoms with Gasteiger partial charge < -0.3 is 9.84 Å². The van der Waals surface area contributed by atoms with E-state index in [9.17, 15) is 14.7 Å². The number of carbonyl (C=O) groups excluding carboxylic acids is 1. The summed E-state index contributed by atoms with van der Waals surface area (Å²) in [6, 6.07) is -0.561. The van der Waals surface area contributed by atoms with Crippen molar-refractivity contribution in [1.29, 1.82) is 0 Å². The van der Waals surface area contributed by atoms with Crippen molar-refractivity contribution in [3.05, 3.63) is 0 Å². The minimum atomic E-state index is -0.955. The lowest BCUT2D eigenvalue weighted by atomic mass is 9.93. The van der Waals surface area contributed by atoms with Crippen molar-refractivity contribution in [3.8, 4) is 0 Å². The number of carboxylic acid groups (broad SMARTS) is 1. The van der Waals surface area contributed by atoms with Crippen molar-refractivity contribution in [1.82, 2.24) is 5.32 Å². The van der Waals surface area contributed by atoms with Gasteiger partial charge in [-0.2, -0.15) is 0 Å². The first-order chi connectivity index (χ1) is 7.93. The van der Waals surface area contributed by atoms with E-state index in [1.165, 1.54) is 7.11 Å². The Kier molecular flexibility index (Phi) is 4.51. The summed E-state index contributed by atoms with van der Waals surface area (Å²) in [7, 11) is 1.32. The summed E-state index contributed by atoms with van der Waals surface area (Å²) in [5.41, 5.74) is -0.955. The summed E-state index contributed by atoms with van der Waals surface area (Å²) in [5.74, 6) is -1.27. The predicted molar refractivity (Wildman–Crippen MR) is 62.6 cm³/mol. The highest BCUT2D eigenvalue weighted by Gasteiger charge is 2.44. The summed E-state index contributed by atoms with van der Waals surface area (Å²) in [6.07, 6.45) is 2.90. The molecule has 0 aromatic carbocycles. The first-order valence-electron chi connectivity index (χ1n) is 6.02. The molecule has 0 saturated heterocycles. The minimum Gasteiger partial charge on any atom is -0.480 e. The van der Waals surface area contributed by atoms with Crippen LogP contribution in [-0.2, 0) is 14.3 Å². The Morgan fingerprint density at radius 2 is 1.82 bits per heavy atom. The van der Waals surface area contributed by atoms with Crippen molar-refractivity contribution in [2.24, 2.45) is 5.92 Å². The SMILES string of the molecule is COC(=O)C(NC1(C(=O)O)CCCC1)C(C)C. The Hall–Kier alpha value is -1.10. The van der Waals surface area contributed by atoms with Crippen molar-refractivity contribution < 1.29 is 19.4 Å². The molecule has 0 aromatic rings. The molecule has 0 amide bonds. The van der Waals surface area contributed by atoms with Crippen LogP contribution in [0.15, 0.2) is 0 Å². The number of esters is 1. The molecule has 1 atom stereocenters. The highest BCUT2D eigenvalue weighted by molar-refractivity contribution is 5.82. The fourth-order valence-corrected chi connectivity index (χ4v) is 2.32. The molecule has 0 bridgehead atoms. The van der Waals surface area contributed by atoms with Gasteiger partial charge in [0, 0.05) is 0 Å². The van der Waals surface area contributed by atoms with Crippen molar-refractivity contribution in [3.63, 3.8) is 0 Å². The van der Waals surface area contributed by atoms with Gasteiger partial charge in [-0.15, -0.1) is 0 Å². The number of carboxylic acids is 1. The molecule has 98 valence electrons. The lowest BCUT2D eigenvalue weighted by Gasteiger charge is -2.31. The standard InChI is InChI=1S/C12H21NO4/c1-8(2)9(10(14)17-3)13-12(11(15)16)6-4-5-7-12/h8-9,13H,4-7H2,1-3H3,(H,15,16). The molecular formula is C12H21NO4. The molecule has 0 spiro atoms. The first kappa shape index (κ1) is 14.0. The third kappa shape index (κ3) is 2.97. The summed E-state index contributed by atoms with van der Waals surface area (Å²) in [6.45, 7) is 3.75. The van der Waals surface area contributed by atoms with Crippen LogP contribution < -0.4 is 5.32 Å². The van der Waals surface area contributed by atoms with Gasteiger partial charge in [0.2, 0.25) is 0 Å². The predicted octanol–water partition coefficient (Wildman–Crippen LogP) is 1.17. The van der Waals surface area contributed by atoms with E-state index >= 15 is 0 Å². The molecule has 0 radical (unpaired) electrons. The Bertz CT molecular complexity index is 295. The molecule has 2 N–H and O–H groups in total. The van der Waals surface area contributed by atoms with E-state index in [4.69, 9.17) is 4.74 Å². The molecule has 1 unspecified atom stereocenters. The van der Waals surface area contributed by atoms with Crippen LogP contribution in [0.25, 0.3) is 0 Å². The molecule has 5 heteroatoms. The molecule has 0 heterocycles. The molecule has 0 aromatic heterocycles. The molecular weight excluding hydrogens is 222 g/mol. The van der Waals surface area contributed by atoms with Crippen LogP contribution in [0.4, 0.5) is 0 Å². The number of ether oxygens (including phenoxy) is 1. The fraction of sp³-hybridized carbons (Fsp3) is 0.833. The number of hydrogen-bond donors (Lipinski definition) is 2. The van der Waals surface area contributed by atoms with Gasteiger partial charge in [0.15, 0.2) is 0 Å². The smallest absolute Gasteiger partial charge is 0.323 e. The second-order valence-corrected chi connectivity index (χ2v) is 4.98. The van der Waals surface area contributed by atoms with Gasteiger partial charge >= 0.3 is 11.9 Å². The number of hydrogen-bond acceptors (Lipinski definition) is 4. The second kappa shape index (κ2) is 5.49. The van der Waals surface area contributed by atoms with E-state index in [2.05, 4.69) is 5.32 Å². The highest BCUT2D eigenvalue weighted by Crippen LogP contribution is 2.31. The van der Waals surface area contributed by atoms with Crippen LogP contribution in [0, 0.1) is 5.92 Å². The summed E-state index contributed by atoms with van der Waals surface area (Å²) < 4.78 is 4.71. The summed E-state index contributed by atoms with van der Waals surface area (Å²) in [4.78, 5) is 23.0. The van der Waals surface area contributed by atoms with E-state index in [0.717, 1.165) is 12.8 Å². The van der Waals surface area contributed by atoms with Crippen molar-refractivity contribution in [2.75, 3.05) is 7.11 Å². The van der Waals surface area contributed by atoms with Crippen LogP contribution in [0.1, 0.15) is 39.5 Å². The maximum Gasteiger partial charge on any atom is 0.323 e. The zero-order valence-corrected chi connectivity index (χ0v) is 10.7. The van der Waals surface area contributed by atoms with Crippen LogP contribution >= 0.6 is 0 Å². The number of aliphatic carboxylic acids is 1. The lowest BCUT2D eigenvalue weighted by molar-refractivity contribution is -0.149. The maximum atomic E-state index is 11.6. The molecule has 1 saturated carbocycles. The Balaban J connectivity index is 2.83. The molecule has 0 aliphatic heterocycles. The van der Waals surface area contributed by atoms with Crippen molar-refractivity contribution >= 4 is 11.9 Å². The number of rotatable bonds is 5. The summed E-state index contributed by atoms with van der Waals surface area (Å²) >= 11 is 0. The Morgan fingerprint density at radius 1 is 1.29 bits per heavy atom. The zero-order chi connectivity index (χ0) is 13.1. The average Bonchev–Trinajstić information content (AvgIpc) is 2.74. The average molecular weight is 243 g/mol. The van der Waals surface area contributed by atoms with E-state index in [1.807, 2.05) is 13.8 Å². The Labute approximate surface area is 102 Å². The minimum absolute atomic E-state index is 0.000671. The number of nitrogens with one attached hydrogen (secondary N) is 1. The van der Waals surface area contributed by atoms with Gasteiger partial charge in [0.25, 0.3) is 0 Å². The van der Waals surface area contributed by atoms with Gasteiger partial charge in [-0.25, -0.2) is 0 Å². The summed E-state index contributed by atoms with van der Waals surface area (Å²) in [5, 5.41) is 12.3. The third-order valence-electron chi connectivity index (χ3n) is 3.42. The molecule has 17 heavy (non-hydrogen) atoms. The number of methoxy groups -OCH3 is 1. The van der Waals surface area contributed by atoms with Crippen molar-refractivity contribution in [2.45, 2.75) is 51.1 Å². The largest absolute Gasteiger partial charge is 0.480 e. The van der Waals surface area contributed by atoms with E-state index in [0.29, 0.717) is 12.8 Å². The monoisotopic (exact) mass is 243 g/mol. The van der Waals surface area contributed by atoms with E-state index in [-0.39, 0.29) is 5.92 Å². The lowest BCUT2D eigenvalue weighted by Crippen LogP contribution is -2.58. The van der Waals surface area contributed by atoms with Gasteiger partial charge in [0.1, 0.15) is 11.6 Å². The second-order valence-electron chi connectivity index (χ2n) is 4.98. The Morgan fingerprint density at radius 3 is 2.18 bits per heavy atom. The van der Waals surface area contributed by atoms with Gasteiger partial charge in [-0.05, 0) is 18.8 Å². The molecule has 1 aliphatic carbocycles. The van der Waals surface area contributed by atoms with Crippen LogP contribution in [-0.4, -0.2) is 35.7 Å². The molecule has 1 rings (SSSR count). The third-order valence-corrected chi connectivity index (χ3v) is 3.42. The van der Waals surface area contributed by atoms with Gasteiger partial charge in [0.05, 0.1) is 7.11 Å². The highest BCUT2D eigenvalue weighted by atomic mass is 16.5. The number of carbonyl (C=O) groups is 2. The van der Waals surface area contributed by atoms with Gasteiger partial charge in [-0.3, -0.25) is 14.9 Å². The van der Waals surface area contributed by atoms with E-state index < -0.39 is 23.5 Å². The van der Waals surface area contributed by atoms with Crippen LogP contribution in [0.2, 0.25) is 0 Å². The van der Waals surface area contributed by atoms with E-state index in [1.54, 1.807) is 0 Å². The van der Waals surface area contributed by atoms with Gasteiger partial charge in [-0.1, -0.05) is 26.7 Å². The molecule has 1 fully saturated rings. The topological polar surface area (TPSA) is 75.6 Å². The zero-order valence-electron chi connectivity index (χ0n) is 10.7. The maximum absolute atomic E-state index is 11.6. The van der Waals surface area contributed by atoms with Crippen LogP contribution in [0.5, 0.6) is 0 Å². The molecule has 1 aliphatic rings. The molecule has 5 nitrogen and oxygen atoms in total. The van der Waals surface area contributed by atoms with Crippen LogP contribution in [0.3, 0.4) is 0 Å². The normalized spacial score (nSPS) is 20.2. The quantitative estimate of drug-likeness (QED) is 0.709. The fourth-order valence-electron chi connectivity index (χ4n) is 2.32. The first-order valence-corrected chi connectivity index (χ1v) is 6.02.